The summed E-state index contributed by atoms with van der Waals surface area (Å²) in [6.07, 6.45) is 9.01. The maximum Gasteiger partial charge on any atom is 0.410 e. The van der Waals surface area contributed by atoms with Crippen LogP contribution >= 0.6 is 23.1 Å². The van der Waals surface area contributed by atoms with Gasteiger partial charge in [-0.2, -0.15) is 0 Å². The maximum absolute atomic E-state index is 15.6. The lowest BCUT2D eigenvalue weighted by Crippen LogP contribution is -2.51. The van der Waals surface area contributed by atoms with E-state index in [1.165, 1.54) is 35.4 Å². The second-order valence-electron chi connectivity index (χ2n) is 11.6. The third-order valence-corrected chi connectivity index (χ3v) is 9.22. The first-order valence-electron chi connectivity index (χ1n) is 14.2. The summed E-state index contributed by atoms with van der Waals surface area (Å²) in [5.74, 6) is -0.633. The van der Waals surface area contributed by atoms with Gasteiger partial charge in [-0.15, -0.1) is 0 Å². The smallest absolute Gasteiger partial charge is 0.410 e. The molecule has 4 aromatic heterocycles. The van der Waals surface area contributed by atoms with E-state index in [-0.39, 0.29) is 23.2 Å². The van der Waals surface area contributed by atoms with Crippen LogP contribution in [-0.4, -0.2) is 62.1 Å². The molecule has 1 aliphatic heterocycles. The van der Waals surface area contributed by atoms with Gasteiger partial charge in [-0.25, -0.2) is 24.1 Å². The molecule has 0 radical (unpaired) electrons. The molecule has 44 heavy (non-hydrogen) atoms. The van der Waals surface area contributed by atoms with Crippen LogP contribution in [0.2, 0.25) is 0 Å². The van der Waals surface area contributed by atoms with Crippen molar-refractivity contribution < 1.29 is 18.7 Å². The molecule has 2 N–H and O–H groups in total. The van der Waals surface area contributed by atoms with Gasteiger partial charge in [-0.3, -0.25) is 9.78 Å². The number of carbonyl (C=O) groups excluding carboxylic acids is 2. The van der Waals surface area contributed by atoms with E-state index in [4.69, 9.17) is 4.74 Å². The summed E-state index contributed by atoms with van der Waals surface area (Å²) in [6, 6.07) is 9.18. The molecule has 5 heterocycles. The minimum absolute atomic E-state index is 0.243. The van der Waals surface area contributed by atoms with E-state index in [1.807, 2.05) is 52.0 Å². The van der Waals surface area contributed by atoms with E-state index in [0.29, 0.717) is 36.9 Å². The zero-order chi connectivity index (χ0) is 31.3. The Labute approximate surface area is 263 Å². The predicted octanol–water partition coefficient (Wildman–Crippen LogP) is 6.37. The monoisotopic (exact) mass is 635 g/mol. The predicted molar refractivity (Wildman–Crippen MR) is 168 cm³/mol. The minimum Gasteiger partial charge on any atom is -0.444 e. The molecule has 13 heteroatoms. The molecule has 1 saturated heterocycles. The van der Waals surface area contributed by atoms with Gasteiger partial charge in [0.25, 0.3) is 5.91 Å². The number of aryl methyl sites for hydroxylation is 1. The zero-order valence-electron chi connectivity index (χ0n) is 25.0. The molecule has 0 atom stereocenters. The third kappa shape index (κ3) is 7.69. The van der Waals surface area contributed by atoms with Gasteiger partial charge in [-0.05, 0) is 82.0 Å². The fourth-order valence-electron chi connectivity index (χ4n) is 4.90. The van der Waals surface area contributed by atoms with Gasteiger partial charge in [0.1, 0.15) is 11.4 Å². The molecule has 0 aromatic carbocycles. The van der Waals surface area contributed by atoms with Gasteiger partial charge in [0.15, 0.2) is 16.6 Å². The molecule has 0 spiro atoms. The van der Waals surface area contributed by atoms with Gasteiger partial charge >= 0.3 is 6.09 Å². The highest BCUT2D eigenvalue weighted by Crippen LogP contribution is 2.37. The summed E-state index contributed by atoms with van der Waals surface area (Å²) in [4.78, 5) is 44.8. The molecular weight excluding hydrogens is 602 g/mol. The molecular formula is C31H34FN7O3S2. The lowest BCUT2D eigenvalue weighted by molar-refractivity contribution is 0.0162. The van der Waals surface area contributed by atoms with Crippen LogP contribution in [0.15, 0.2) is 70.4 Å². The Morgan fingerprint density at radius 3 is 2.50 bits per heavy atom. The number of hydrogen-bond donors (Lipinski definition) is 2. The second-order valence-corrected chi connectivity index (χ2v) is 13.9. The van der Waals surface area contributed by atoms with Crippen molar-refractivity contribution in [2.45, 2.75) is 60.7 Å². The summed E-state index contributed by atoms with van der Waals surface area (Å²) in [7, 11) is 0. The molecule has 0 bridgehead atoms. The number of piperidine rings is 1. The third-order valence-electron chi connectivity index (χ3n) is 7.17. The van der Waals surface area contributed by atoms with Crippen LogP contribution in [0.4, 0.5) is 20.1 Å². The van der Waals surface area contributed by atoms with Crippen LogP contribution in [0, 0.1) is 12.7 Å². The van der Waals surface area contributed by atoms with Gasteiger partial charge < -0.3 is 20.3 Å². The highest BCUT2D eigenvalue weighted by atomic mass is 32.2. The highest BCUT2D eigenvalue weighted by molar-refractivity contribution is 8.01. The standard InChI is InChI=1S/C31H34FN7O3S2/c1-20-5-13-34-23(17-20)38-28-36-18-24(44-28)43-22-8-14-35-26(25(22)32)27(40)37-19-31(21-6-11-33-12-7-21)9-15-39(16-10-31)29(41)42-30(2,3)4/h5-8,11-14,17-18H,9-10,15-16,19H2,1-4H3,(H,37,40)(H,34,36,38). The van der Waals surface area contributed by atoms with Gasteiger partial charge in [0.2, 0.25) is 0 Å². The van der Waals surface area contributed by atoms with Crippen LogP contribution < -0.4 is 10.6 Å². The lowest BCUT2D eigenvalue weighted by Gasteiger charge is -2.42. The van der Waals surface area contributed by atoms with Crippen molar-refractivity contribution in [3.05, 3.63) is 84.0 Å². The number of hydrogen-bond acceptors (Lipinski definition) is 10. The van der Waals surface area contributed by atoms with Gasteiger partial charge in [-0.1, -0.05) is 23.1 Å². The zero-order valence-corrected chi connectivity index (χ0v) is 26.6. The van der Waals surface area contributed by atoms with Crippen LogP contribution in [0.5, 0.6) is 0 Å². The van der Waals surface area contributed by atoms with E-state index >= 15 is 4.39 Å². The molecule has 5 rings (SSSR count). The number of pyridine rings is 3. The number of nitrogens with zero attached hydrogens (tertiary/aromatic N) is 5. The lowest BCUT2D eigenvalue weighted by atomic mass is 9.73. The summed E-state index contributed by atoms with van der Waals surface area (Å²) >= 11 is 2.53. The molecule has 230 valence electrons. The largest absolute Gasteiger partial charge is 0.444 e. The quantitative estimate of drug-likeness (QED) is 0.227. The summed E-state index contributed by atoms with van der Waals surface area (Å²) < 4.78 is 21.9. The first-order valence-corrected chi connectivity index (χ1v) is 15.8. The summed E-state index contributed by atoms with van der Waals surface area (Å²) in [6.45, 7) is 8.64. The number of carbonyl (C=O) groups is 2. The van der Waals surface area contributed by atoms with E-state index in [0.717, 1.165) is 15.3 Å². The average molecular weight is 636 g/mol. The van der Waals surface area contributed by atoms with E-state index in [1.54, 1.807) is 29.7 Å². The average Bonchev–Trinajstić information content (AvgIpc) is 3.43. The number of halogens is 1. The molecule has 0 aliphatic carbocycles. The summed E-state index contributed by atoms with van der Waals surface area (Å²) in [5.41, 5.74) is 0.712. The van der Waals surface area contributed by atoms with Crippen molar-refractivity contribution in [2.75, 3.05) is 25.0 Å². The SMILES string of the molecule is Cc1ccnc(Nc2ncc(Sc3ccnc(C(=O)NCC4(c5ccncc5)CCN(C(=O)OC(C)(C)C)CC4)c3F)s2)c1. The Hall–Kier alpha value is -4.10. The molecule has 4 aromatic rings. The number of thiazole rings is 1. The number of likely N-dealkylation sites (tertiary alicyclic amines) is 1. The first-order chi connectivity index (χ1) is 21.0. The molecule has 0 unspecified atom stereocenters. The van der Waals surface area contributed by atoms with E-state index in [2.05, 4.69) is 30.6 Å². The number of ether oxygens (including phenoxy) is 1. The van der Waals surface area contributed by atoms with Crippen molar-refractivity contribution in [1.29, 1.82) is 0 Å². The van der Waals surface area contributed by atoms with Crippen molar-refractivity contribution >= 4 is 46.0 Å². The Morgan fingerprint density at radius 1 is 1.07 bits per heavy atom. The minimum atomic E-state index is -0.698. The number of amides is 2. The molecule has 0 saturated carbocycles. The van der Waals surface area contributed by atoms with Crippen molar-refractivity contribution in [3.8, 4) is 0 Å². The molecule has 2 amide bonds. The van der Waals surface area contributed by atoms with E-state index in [9.17, 15) is 9.59 Å². The number of aromatic nitrogens is 4. The Morgan fingerprint density at radius 2 is 1.80 bits per heavy atom. The highest BCUT2D eigenvalue weighted by Gasteiger charge is 2.39. The maximum atomic E-state index is 15.6. The fourth-order valence-corrected chi connectivity index (χ4v) is 6.77. The Balaban J connectivity index is 1.26. The molecule has 10 nitrogen and oxygen atoms in total. The van der Waals surface area contributed by atoms with E-state index < -0.39 is 22.7 Å². The molecule has 1 aliphatic rings. The topological polar surface area (TPSA) is 122 Å². The van der Waals surface area contributed by atoms with Crippen molar-refractivity contribution in [3.63, 3.8) is 0 Å². The Bertz CT molecular complexity index is 1620. The van der Waals surface area contributed by atoms with Gasteiger partial charge in [0.05, 0.1) is 15.3 Å². The number of nitrogens with one attached hydrogen (secondary N) is 2. The number of rotatable bonds is 8. The van der Waals surface area contributed by atoms with Crippen LogP contribution in [-0.2, 0) is 10.2 Å². The fraction of sp³-hybridized carbons (Fsp3) is 0.355. The number of anilines is 2. The molecule has 1 fully saturated rings. The first kappa shape index (κ1) is 31.3. The Kier molecular flexibility index (Phi) is 9.45. The normalized spacial score (nSPS) is 14.6. The van der Waals surface area contributed by atoms with Crippen LogP contribution in [0.25, 0.3) is 0 Å². The van der Waals surface area contributed by atoms with Crippen LogP contribution in [0.3, 0.4) is 0 Å². The summed E-state index contributed by atoms with van der Waals surface area (Å²) in [5, 5.41) is 6.71. The second kappa shape index (κ2) is 13.3. The van der Waals surface area contributed by atoms with Crippen LogP contribution in [0.1, 0.15) is 55.2 Å². The van der Waals surface area contributed by atoms with Crippen molar-refractivity contribution in [1.82, 2.24) is 30.2 Å². The van der Waals surface area contributed by atoms with Gasteiger partial charge in [0, 0.05) is 49.8 Å². The van der Waals surface area contributed by atoms with Crippen molar-refractivity contribution in [2.24, 2.45) is 0 Å².